The second-order valence-electron chi connectivity index (χ2n) is 17.9. The van der Waals surface area contributed by atoms with E-state index in [1.807, 2.05) is 36.4 Å². The fourth-order valence-electron chi connectivity index (χ4n) is 11.4. The molecule has 0 bridgehead atoms. The molecule has 6 nitrogen and oxygen atoms in total. The molecule has 1 aliphatic rings. The van der Waals surface area contributed by atoms with E-state index >= 15 is 0 Å². The Morgan fingerprint density at radius 3 is 1.85 bits per heavy atom. The van der Waals surface area contributed by atoms with Crippen molar-refractivity contribution in [2.24, 2.45) is 0 Å². The summed E-state index contributed by atoms with van der Waals surface area (Å²) in [7, 11) is 0. The zero-order valence-corrected chi connectivity index (χ0v) is 35.4. The van der Waals surface area contributed by atoms with Gasteiger partial charge < -0.3 is 18.1 Å². The molecule has 0 radical (unpaired) electrons. The van der Waals surface area contributed by atoms with Crippen LogP contribution in [0.2, 0.25) is 0 Å². The van der Waals surface area contributed by atoms with Gasteiger partial charge in [0, 0.05) is 48.8 Å². The van der Waals surface area contributed by atoms with Crippen molar-refractivity contribution in [3.05, 3.63) is 204 Å². The minimum absolute atomic E-state index is 0.214. The Labute approximate surface area is 372 Å². The number of fused-ring (bicyclic) bond motifs is 16. The molecule has 0 fully saturated rings. The highest BCUT2D eigenvalue weighted by molar-refractivity contribution is 6.24. The van der Waals surface area contributed by atoms with Crippen LogP contribution in [0.15, 0.2) is 180 Å². The molecule has 0 amide bonds. The van der Waals surface area contributed by atoms with E-state index in [9.17, 15) is 5.26 Å². The van der Waals surface area contributed by atoms with Crippen molar-refractivity contribution in [1.82, 2.24) is 13.7 Å². The monoisotopic (exact) mass is 829 g/mol. The fraction of sp³-hybridized carbons (Fsp3) is 0.0508. The van der Waals surface area contributed by atoms with Gasteiger partial charge in [-0.3, -0.25) is 0 Å². The van der Waals surface area contributed by atoms with Crippen LogP contribution in [0, 0.1) is 17.9 Å². The largest absolute Gasteiger partial charge is 0.455 e. The zero-order valence-electron chi connectivity index (χ0n) is 35.4. The van der Waals surface area contributed by atoms with E-state index in [4.69, 9.17) is 11.0 Å². The molecule has 4 heterocycles. The maximum atomic E-state index is 11.2. The van der Waals surface area contributed by atoms with Gasteiger partial charge in [0.25, 0.3) is 0 Å². The van der Waals surface area contributed by atoms with E-state index < -0.39 is 0 Å². The van der Waals surface area contributed by atoms with Gasteiger partial charge in [-0.1, -0.05) is 111 Å². The maximum Gasteiger partial charge on any atom is 0.212 e. The minimum Gasteiger partial charge on any atom is -0.455 e. The van der Waals surface area contributed by atoms with E-state index in [2.05, 4.69) is 178 Å². The first-order chi connectivity index (χ1) is 31.9. The Morgan fingerprint density at radius 1 is 0.492 bits per heavy atom. The summed E-state index contributed by atoms with van der Waals surface area (Å²) in [6, 6.07) is 64.3. The molecular formula is C59H35N5O. The fourth-order valence-corrected chi connectivity index (χ4v) is 11.4. The van der Waals surface area contributed by atoms with Gasteiger partial charge in [0.15, 0.2) is 0 Å². The average Bonchev–Trinajstić information content (AvgIpc) is 4.12. The lowest BCUT2D eigenvalue weighted by molar-refractivity contribution is 0.661. The van der Waals surface area contributed by atoms with Gasteiger partial charge in [-0.05, 0) is 101 Å². The molecule has 65 heavy (non-hydrogen) atoms. The van der Waals surface area contributed by atoms with Crippen molar-refractivity contribution in [1.29, 1.82) is 5.26 Å². The number of hydrogen-bond acceptors (Lipinski definition) is 2. The average molecular weight is 830 g/mol. The minimum atomic E-state index is -0.214. The van der Waals surface area contributed by atoms with Gasteiger partial charge in [0.2, 0.25) is 5.69 Å². The van der Waals surface area contributed by atoms with Gasteiger partial charge >= 0.3 is 0 Å². The highest BCUT2D eigenvalue weighted by Crippen LogP contribution is 2.52. The third kappa shape index (κ3) is 4.60. The van der Waals surface area contributed by atoms with E-state index in [-0.39, 0.29) is 5.41 Å². The molecule has 14 rings (SSSR count). The molecule has 302 valence electrons. The predicted molar refractivity (Wildman–Crippen MR) is 265 cm³/mol. The van der Waals surface area contributed by atoms with Crippen molar-refractivity contribution < 1.29 is 4.42 Å². The standard InChI is InChI=1S/C59H35N5O/c1-59(2)45-19-9-4-14-36(45)42-30-43-39-17-7-12-22-50(39)64(54(43)31-46(42)59)53-32-47(61-3)55(28-34(53)33-60)63-51-26-24-35(62-48-20-10-5-15-37(48)38-16-6-11-21-49(38)62)29-44(51)57-52(63)27-25-41-40-18-8-13-23-56(40)65-58(41)57/h4-32H,1-2H3. The highest BCUT2D eigenvalue weighted by atomic mass is 16.3. The maximum absolute atomic E-state index is 11.2. The molecule has 0 spiro atoms. The van der Waals surface area contributed by atoms with E-state index in [0.29, 0.717) is 22.6 Å². The predicted octanol–water partition coefficient (Wildman–Crippen LogP) is 15.6. The van der Waals surface area contributed by atoms with Crippen LogP contribution >= 0.6 is 0 Å². The molecule has 6 heteroatoms. The Bertz CT molecular complexity index is 4310. The van der Waals surface area contributed by atoms with Crippen LogP contribution in [0.1, 0.15) is 30.5 Å². The van der Waals surface area contributed by atoms with Gasteiger partial charge in [0.05, 0.1) is 62.0 Å². The summed E-state index contributed by atoms with van der Waals surface area (Å²) in [5.74, 6) is 0. The summed E-state index contributed by atoms with van der Waals surface area (Å²) in [6.07, 6.45) is 0. The summed E-state index contributed by atoms with van der Waals surface area (Å²) in [4.78, 5) is 4.26. The molecule has 0 unspecified atom stereocenters. The van der Waals surface area contributed by atoms with Crippen molar-refractivity contribution in [3.63, 3.8) is 0 Å². The molecule has 1 aliphatic carbocycles. The Morgan fingerprint density at radius 2 is 1.11 bits per heavy atom. The number of aromatic nitrogens is 3. The molecule has 9 aromatic carbocycles. The van der Waals surface area contributed by atoms with Crippen LogP contribution in [-0.4, -0.2) is 13.7 Å². The quantitative estimate of drug-likeness (QED) is 0.167. The molecular weight excluding hydrogens is 795 g/mol. The van der Waals surface area contributed by atoms with Crippen LogP contribution in [0.5, 0.6) is 0 Å². The summed E-state index contributed by atoms with van der Waals surface area (Å²) in [6.45, 7) is 13.4. The first-order valence-electron chi connectivity index (χ1n) is 21.9. The lowest BCUT2D eigenvalue weighted by Crippen LogP contribution is -2.15. The van der Waals surface area contributed by atoms with Gasteiger partial charge in [-0.15, -0.1) is 0 Å². The van der Waals surface area contributed by atoms with Crippen molar-refractivity contribution in [2.75, 3.05) is 0 Å². The molecule has 0 N–H and O–H groups in total. The van der Waals surface area contributed by atoms with Crippen LogP contribution in [0.4, 0.5) is 5.69 Å². The first-order valence-corrected chi connectivity index (χ1v) is 21.9. The summed E-state index contributed by atoms with van der Waals surface area (Å²) in [5, 5.41) is 19.8. The third-order valence-corrected chi connectivity index (χ3v) is 14.3. The van der Waals surface area contributed by atoms with Gasteiger partial charge in [-0.25, -0.2) is 4.85 Å². The van der Waals surface area contributed by atoms with Crippen molar-refractivity contribution in [2.45, 2.75) is 19.3 Å². The number of nitrogens with zero attached hydrogens (tertiary/aromatic N) is 5. The van der Waals surface area contributed by atoms with E-state index in [1.165, 1.54) is 33.0 Å². The zero-order chi connectivity index (χ0) is 43.3. The smallest absolute Gasteiger partial charge is 0.212 e. The second kappa shape index (κ2) is 12.6. The number of hydrogen-bond donors (Lipinski definition) is 0. The molecule has 0 saturated heterocycles. The number of benzene rings is 9. The summed E-state index contributed by atoms with van der Waals surface area (Å²) >= 11 is 0. The lowest BCUT2D eigenvalue weighted by Gasteiger charge is -2.22. The lowest BCUT2D eigenvalue weighted by atomic mass is 9.82. The number of para-hydroxylation sites is 4. The van der Waals surface area contributed by atoms with Gasteiger partial charge in [-0.2, -0.15) is 5.26 Å². The van der Waals surface area contributed by atoms with Crippen molar-refractivity contribution >= 4 is 93.0 Å². The van der Waals surface area contributed by atoms with Gasteiger partial charge in [0.1, 0.15) is 17.2 Å². The van der Waals surface area contributed by atoms with E-state index in [1.54, 1.807) is 0 Å². The Kier molecular flexibility index (Phi) is 6.94. The molecule has 0 atom stereocenters. The van der Waals surface area contributed by atoms with Crippen LogP contribution in [0.3, 0.4) is 0 Å². The van der Waals surface area contributed by atoms with Crippen LogP contribution in [0.25, 0.3) is 120 Å². The Hall–Kier alpha value is -8.84. The molecule has 13 aromatic rings. The topological polar surface area (TPSA) is 56.1 Å². The number of nitriles is 1. The molecule has 0 saturated carbocycles. The highest BCUT2D eigenvalue weighted by Gasteiger charge is 2.36. The molecule has 0 aliphatic heterocycles. The Balaban J connectivity index is 1.05. The SMILES string of the molecule is [C-]#[N+]c1cc(-n2c3ccccc3c3cc4c(cc32)C(C)(C)c2ccccc2-4)c(C#N)cc1-n1c2ccc(-n3c4ccccc4c4ccccc43)cc2c2c3oc4ccccc4c3ccc21. The summed E-state index contributed by atoms with van der Waals surface area (Å²) in [5.41, 5.74) is 15.7. The number of rotatable bonds is 3. The summed E-state index contributed by atoms with van der Waals surface area (Å²) < 4.78 is 13.5. The van der Waals surface area contributed by atoms with Crippen LogP contribution < -0.4 is 0 Å². The van der Waals surface area contributed by atoms with E-state index in [0.717, 1.165) is 82.3 Å². The van der Waals surface area contributed by atoms with Crippen LogP contribution in [-0.2, 0) is 5.41 Å². The number of furan rings is 1. The normalized spacial score (nSPS) is 13.2. The first kappa shape index (κ1) is 35.7. The van der Waals surface area contributed by atoms with Crippen molar-refractivity contribution in [3.8, 4) is 34.3 Å². The second-order valence-corrected chi connectivity index (χ2v) is 17.9. The third-order valence-electron chi connectivity index (χ3n) is 14.3. The molecule has 4 aromatic heterocycles.